The zero-order chi connectivity index (χ0) is 17.4. The van der Waals surface area contributed by atoms with Gasteiger partial charge in [0.05, 0.1) is 39.7 Å². The van der Waals surface area contributed by atoms with E-state index in [1.165, 1.54) is 0 Å². The quantitative estimate of drug-likeness (QED) is 0.600. The highest BCUT2D eigenvalue weighted by Crippen LogP contribution is 2.28. The van der Waals surface area contributed by atoms with E-state index in [1.54, 1.807) is 14.2 Å². The fourth-order valence-electron chi connectivity index (χ4n) is 2.49. The van der Waals surface area contributed by atoms with Crippen LogP contribution in [0.4, 0.5) is 0 Å². The van der Waals surface area contributed by atoms with Crippen molar-refractivity contribution in [2.75, 3.05) is 47.1 Å². The maximum Gasteiger partial charge on any atom is 0.254 e. The topological polar surface area (TPSA) is 72.4 Å². The van der Waals surface area contributed by atoms with Crippen molar-refractivity contribution < 1.29 is 19.0 Å². The summed E-state index contributed by atoms with van der Waals surface area (Å²) in [6.07, 6.45) is 0.688. The van der Waals surface area contributed by atoms with Crippen LogP contribution in [0.2, 0.25) is 0 Å². The van der Waals surface area contributed by atoms with Gasteiger partial charge in [0.1, 0.15) is 0 Å². The van der Waals surface area contributed by atoms with Crippen LogP contribution in [0, 0.1) is 0 Å². The number of benzene rings is 1. The molecule has 1 aromatic carbocycles. The van der Waals surface area contributed by atoms with Gasteiger partial charge in [0, 0.05) is 18.7 Å². The Bertz CT molecular complexity index is 583. The summed E-state index contributed by atoms with van der Waals surface area (Å²) in [6, 6.07) is 5.59. The minimum atomic E-state index is -0.122. The standard InChI is InChI=1S/C17H25N3O4/c1-4-14(13-5-6-15(22-2)16(11-13)23-3)18-19-17(21)12-20-7-9-24-10-8-20/h5-6,11H,4,7-10,12H2,1-3H3,(H,19,21)/b18-14-. The molecule has 2 rings (SSSR count). The molecule has 0 saturated carbocycles. The van der Waals surface area contributed by atoms with Gasteiger partial charge in [-0.3, -0.25) is 9.69 Å². The predicted octanol–water partition coefficient (Wildman–Crippen LogP) is 1.27. The van der Waals surface area contributed by atoms with Crippen LogP contribution in [0.15, 0.2) is 23.3 Å². The highest BCUT2D eigenvalue weighted by Gasteiger charge is 2.14. The lowest BCUT2D eigenvalue weighted by Gasteiger charge is -2.25. The molecule has 0 unspecified atom stereocenters. The number of nitrogens with one attached hydrogen (secondary N) is 1. The third-order valence-electron chi connectivity index (χ3n) is 3.84. The van der Waals surface area contributed by atoms with Crippen LogP contribution in [-0.2, 0) is 9.53 Å². The van der Waals surface area contributed by atoms with E-state index in [9.17, 15) is 4.79 Å². The van der Waals surface area contributed by atoms with Gasteiger partial charge in [0.2, 0.25) is 0 Å². The number of rotatable bonds is 7. The number of amides is 1. The van der Waals surface area contributed by atoms with Gasteiger partial charge in [-0.1, -0.05) is 6.92 Å². The Labute approximate surface area is 142 Å². The van der Waals surface area contributed by atoms with Gasteiger partial charge in [0.15, 0.2) is 11.5 Å². The molecule has 1 aromatic rings. The van der Waals surface area contributed by atoms with Crippen LogP contribution in [0.1, 0.15) is 18.9 Å². The molecule has 24 heavy (non-hydrogen) atoms. The molecule has 7 nitrogen and oxygen atoms in total. The van der Waals surface area contributed by atoms with Gasteiger partial charge in [-0.2, -0.15) is 5.10 Å². The third-order valence-corrected chi connectivity index (χ3v) is 3.84. The molecule has 7 heteroatoms. The molecule has 0 spiro atoms. The number of methoxy groups -OCH3 is 2. The normalized spacial score (nSPS) is 15.9. The zero-order valence-corrected chi connectivity index (χ0v) is 14.5. The minimum Gasteiger partial charge on any atom is -0.493 e. The van der Waals surface area contributed by atoms with E-state index in [1.807, 2.05) is 25.1 Å². The average Bonchev–Trinajstić information content (AvgIpc) is 2.62. The summed E-state index contributed by atoms with van der Waals surface area (Å²) in [5, 5.41) is 4.27. The van der Waals surface area contributed by atoms with Gasteiger partial charge >= 0.3 is 0 Å². The van der Waals surface area contributed by atoms with Crippen molar-refractivity contribution in [1.82, 2.24) is 10.3 Å². The van der Waals surface area contributed by atoms with Gasteiger partial charge in [-0.05, 0) is 24.6 Å². The molecular formula is C17H25N3O4. The predicted molar refractivity (Wildman–Crippen MR) is 91.8 cm³/mol. The molecule has 0 bridgehead atoms. The molecule has 1 aliphatic heterocycles. The van der Waals surface area contributed by atoms with Crippen LogP contribution in [0.25, 0.3) is 0 Å². The second kappa shape index (κ2) is 9.24. The molecule has 1 saturated heterocycles. The Morgan fingerprint density at radius 1 is 1.25 bits per heavy atom. The minimum absolute atomic E-state index is 0.122. The Morgan fingerprint density at radius 2 is 1.96 bits per heavy atom. The lowest BCUT2D eigenvalue weighted by molar-refractivity contribution is -0.123. The third kappa shape index (κ3) is 4.94. The first-order valence-corrected chi connectivity index (χ1v) is 8.05. The van der Waals surface area contributed by atoms with Crippen LogP contribution in [-0.4, -0.2) is 63.6 Å². The Balaban J connectivity index is 2.01. The summed E-state index contributed by atoms with van der Waals surface area (Å²) >= 11 is 0. The summed E-state index contributed by atoms with van der Waals surface area (Å²) in [5.74, 6) is 1.17. The molecule has 1 amide bonds. The van der Waals surface area contributed by atoms with E-state index in [4.69, 9.17) is 14.2 Å². The average molecular weight is 335 g/mol. The number of nitrogens with zero attached hydrogens (tertiary/aromatic N) is 2. The first kappa shape index (κ1) is 18.2. The van der Waals surface area contributed by atoms with Crippen molar-refractivity contribution in [1.29, 1.82) is 0 Å². The van der Waals surface area contributed by atoms with Crippen molar-refractivity contribution in [2.45, 2.75) is 13.3 Å². The Hall–Kier alpha value is -2.12. The summed E-state index contributed by atoms with van der Waals surface area (Å²) in [5.41, 5.74) is 4.31. The fraction of sp³-hybridized carbons (Fsp3) is 0.529. The second-order valence-electron chi connectivity index (χ2n) is 5.41. The smallest absolute Gasteiger partial charge is 0.254 e. The van der Waals surface area contributed by atoms with Crippen LogP contribution < -0.4 is 14.9 Å². The van der Waals surface area contributed by atoms with Crippen molar-refractivity contribution in [2.24, 2.45) is 5.10 Å². The van der Waals surface area contributed by atoms with E-state index in [-0.39, 0.29) is 5.91 Å². The van der Waals surface area contributed by atoms with Crippen molar-refractivity contribution in [3.63, 3.8) is 0 Å². The lowest BCUT2D eigenvalue weighted by atomic mass is 10.1. The Kier molecular flexibility index (Phi) is 7.02. The fourth-order valence-corrected chi connectivity index (χ4v) is 2.49. The molecule has 1 fully saturated rings. The van der Waals surface area contributed by atoms with Gasteiger partial charge in [-0.25, -0.2) is 5.43 Å². The number of hydrogen-bond acceptors (Lipinski definition) is 6. The van der Waals surface area contributed by atoms with Gasteiger partial charge < -0.3 is 14.2 Å². The summed E-state index contributed by atoms with van der Waals surface area (Å²) < 4.78 is 15.8. The number of morpholine rings is 1. The van der Waals surface area contributed by atoms with Crippen molar-refractivity contribution in [3.8, 4) is 11.5 Å². The summed E-state index contributed by atoms with van der Waals surface area (Å²) in [6.45, 7) is 5.20. The molecule has 1 heterocycles. The van der Waals surface area contributed by atoms with E-state index in [2.05, 4.69) is 15.4 Å². The number of carbonyl (C=O) groups excluding carboxylic acids is 1. The molecular weight excluding hydrogens is 310 g/mol. The summed E-state index contributed by atoms with van der Waals surface area (Å²) in [7, 11) is 3.19. The second-order valence-corrected chi connectivity index (χ2v) is 5.41. The molecule has 0 aliphatic carbocycles. The van der Waals surface area contributed by atoms with E-state index >= 15 is 0 Å². The van der Waals surface area contributed by atoms with Crippen molar-refractivity contribution >= 4 is 11.6 Å². The van der Waals surface area contributed by atoms with E-state index in [0.29, 0.717) is 37.7 Å². The first-order chi connectivity index (χ1) is 11.7. The number of hydrazone groups is 1. The molecule has 0 aromatic heterocycles. The molecule has 0 atom stereocenters. The van der Waals surface area contributed by atoms with Gasteiger partial charge in [-0.15, -0.1) is 0 Å². The number of hydrogen-bond donors (Lipinski definition) is 1. The highest BCUT2D eigenvalue weighted by atomic mass is 16.5. The molecule has 1 aliphatic rings. The van der Waals surface area contributed by atoms with Crippen LogP contribution >= 0.6 is 0 Å². The van der Waals surface area contributed by atoms with E-state index in [0.717, 1.165) is 24.4 Å². The maximum absolute atomic E-state index is 12.0. The van der Waals surface area contributed by atoms with Crippen LogP contribution in [0.3, 0.4) is 0 Å². The van der Waals surface area contributed by atoms with Gasteiger partial charge in [0.25, 0.3) is 5.91 Å². The monoisotopic (exact) mass is 335 g/mol. The first-order valence-electron chi connectivity index (χ1n) is 8.05. The Morgan fingerprint density at radius 3 is 2.58 bits per heavy atom. The van der Waals surface area contributed by atoms with E-state index < -0.39 is 0 Å². The highest BCUT2D eigenvalue weighted by molar-refractivity contribution is 6.01. The largest absolute Gasteiger partial charge is 0.493 e. The maximum atomic E-state index is 12.0. The van der Waals surface area contributed by atoms with Crippen molar-refractivity contribution in [3.05, 3.63) is 23.8 Å². The molecule has 132 valence electrons. The SMILES string of the molecule is CC/C(=N/NC(=O)CN1CCOCC1)c1ccc(OC)c(OC)c1. The molecule has 1 N–H and O–H groups in total. The van der Waals surface area contributed by atoms with Crippen LogP contribution in [0.5, 0.6) is 11.5 Å². The molecule has 0 radical (unpaired) electrons. The lowest BCUT2D eigenvalue weighted by Crippen LogP contribution is -2.42. The number of carbonyl (C=O) groups is 1. The summed E-state index contributed by atoms with van der Waals surface area (Å²) in [4.78, 5) is 14.1. The zero-order valence-electron chi connectivity index (χ0n) is 14.5. The number of ether oxygens (including phenoxy) is 3.